The van der Waals surface area contributed by atoms with E-state index >= 15 is 0 Å². The summed E-state index contributed by atoms with van der Waals surface area (Å²) in [6.07, 6.45) is -1.52. The molecular weight excluding hydrogens is 339 g/mol. The van der Waals surface area contributed by atoms with E-state index in [0.29, 0.717) is 16.1 Å². The molecule has 22 heavy (non-hydrogen) atoms. The largest absolute Gasteiger partial charge is 0.472 e. The maximum Gasteiger partial charge on any atom is 0.453 e. The number of thioether (sulfide) groups is 1. The zero-order valence-corrected chi connectivity index (χ0v) is 12.4. The first-order valence-electron chi connectivity index (χ1n) is 5.82. The molecule has 0 amide bonds. The molecule has 0 atom stereocenters. The van der Waals surface area contributed by atoms with Gasteiger partial charge >= 0.3 is 6.18 Å². The molecule has 0 saturated heterocycles. The van der Waals surface area contributed by atoms with Crippen LogP contribution in [0.15, 0.2) is 33.5 Å². The summed E-state index contributed by atoms with van der Waals surface area (Å²) >= 11 is 2.45. The van der Waals surface area contributed by atoms with Crippen LogP contribution in [0.1, 0.15) is 11.5 Å². The van der Waals surface area contributed by atoms with Crippen LogP contribution in [0.4, 0.5) is 13.2 Å². The molecule has 116 valence electrons. The Bertz CT molecular complexity index is 765. The Morgan fingerprint density at radius 1 is 1.36 bits per heavy atom. The van der Waals surface area contributed by atoms with Crippen LogP contribution in [0.5, 0.6) is 0 Å². The van der Waals surface area contributed by atoms with Crippen LogP contribution < -0.4 is 5.84 Å². The van der Waals surface area contributed by atoms with Crippen molar-refractivity contribution in [3.63, 3.8) is 0 Å². The second-order valence-corrected chi connectivity index (χ2v) is 5.92. The fraction of sp³-hybridized carbons (Fsp3) is 0.182. The highest BCUT2D eigenvalue weighted by Gasteiger charge is 2.38. The van der Waals surface area contributed by atoms with E-state index in [2.05, 4.69) is 15.2 Å². The minimum absolute atomic E-state index is 0.0230. The lowest BCUT2D eigenvalue weighted by Crippen LogP contribution is -2.21. The standard InChI is InChI=1S/C11H8F3N5OS2/c12-11(13,14)9-17-18-10(19(9)15)22-5-7-4-21-8(16-7)6-1-2-20-3-6/h1-4H,5,15H2. The van der Waals surface area contributed by atoms with Gasteiger partial charge < -0.3 is 10.3 Å². The van der Waals surface area contributed by atoms with Crippen LogP contribution in [0.2, 0.25) is 0 Å². The second kappa shape index (κ2) is 5.65. The minimum atomic E-state index is -4.63. The van der Waals surface area contributed by atoms with Crippen LogP contribution in [0, 0.1) is 0 Å². The van der Waals surface area contributed by atoms with Gasteiger partial charge in [0.15, 0.2) is 0 Å². The normalized spacial score (nSPS) is 12.0. The third kappa shape index (κ3) is 2.95. The molecule has 11 heteroatoms. The predicted molar refractivity (Wildman–Crippen MR) is 74.6 cm³/mol. The van der Waals surface area contributed by atoms with Crippen LogP contribution in [-0.2, 0) is 11.9 Å². The first-order chi connectivity index (χ1) is 10.4. The average Bonchev–Trinajstić information content (AvgIpc) is 3.16. The number of hydrogen-bond donors (Lipinski definition) is 1. The molecule has 0 aliphatic carbocycles. The van der Waals surface area contributed by atoms with Crippen LogP contribution in [0.3, 0.4) is 0 Å². The van der Waals surface area contributed by atoms with Crippen LogP contribution in [0.25, 0.3) is 10.6 Å². The van der Waals surface area contributed by atoms with Gasteiger partial charge in [0.05, 0.1) is 12.0 Å². The van der Waals surface area contributed by atoms with Crippen LogP contribution >= 0.6 is 23.1 Å². The smallest absolute Gasteiger partial charge is 0.453 e. The molecule has 2 N–H and O–H groups in total. The molecule has 3 heterocycles. The van der Waals surface area contributed by atoms with Crippen molar-refractivity contribution < 1.29 is 17.6 Å². The third-order valence-electron chi connectivity index (χ3n) is 2.59. The summed E-state index contributed by atoms with van der Waals surface area (Å²) in [5.41, 5.74) is 1.56. The second-order valence-electron chi connectivity index (χ2n) is 4.12. The molecule has 0 saturated carbocycles. The maximum atomic E-state index is 12.6. The quantitative estimate of drug-likeness (QED) is 0.577. The number of aromatic nitrogens is 4. The molecule has 0 spiro atoms. The monoisotopic (exact) mass is 347 g/mol. The Hall–Kier alpha value is -2.01. The van der Waals surface area contributed by atoms with Gasteiger partial charge in [0.1, 0.15) is 11.3 Å². The zero-order chi connectivity index (χ0) is 15.7. The predicted octanol–water partition coefficient (Wildman–Crippen LogP) is 3.02. The Kier molecular flexibility index (Phi) is 3.83. The highest BCUT2D eigenvalue weighted by Crippen LogP contribution is 2.31. The van der Waals surface area contributed by atoms with Gasteiger partial charge in [0, 0.05) is 16.7 Å². The average molecular weight is 347 g/mol. The topological polar surface area (TPSA) is 82.8 Å². The van der Waals surface area contributed by atoms with Gasteiger partial charge in [-0.25, -0.2) is 9.66 Å². The Balaban J connectivity index is 1.70. The third-order valence-corrected chi connectivity index (χ3v) is 4.50. The fourth-order valence-corrected chi connectivity index (χ4v) is 3.26. The van der Waals surface area contributed by atoms with E-state index in [1.807, 2.05) is 5.38 Å². The van der Waals surface area contributed by atoms with Crippen molar-refractivity contribution in [3.05, 3.63) is 35.5 Å². The van der Waals surface area contributed by atoms with Crippen molar-refractivity contribution in [2.24, 2.45) is 0 Å². The Morgan fingerprint density at radius 2 is 2.18 bits per heavy atom. The molecule has 3 rings (SSSR count). The Labute approximate surface area is 130 Å². The highest BCUT2D eigenvalue weighted by atomic mass is 32.2. The van der Waals surface area contributed by atoms with Gasteiger partial charge in [0.2, 0.25) is 5.16 Å². The van der Waals surface area contributed by atoms with Gasteiger partial charge in [-0.3, -0.25) is 0 Å². The maximum absolute atomic E-state index is 12.6. The molecule has 3 aromatic rings. The number of alkyl halides is 3. The fourth-order valence-electron chi connectivity index (χ4n) is 1.60. The number of thiazole rings is 1. The summed E-state index contributed by atoms with van der Waals surface area (Å²) in [6.45, 7) is 0. The first kappa shape index (κ1) is 14.9. The molecular formula is C11H8F3N5OS2. The highest BCUT2D eigenvalue weighted by molar-refractivity contribution is 7.98. The lowest BCUT2D eigenvalue weighted by molar-refractivity contribution is -0.146. The van der Waals surface area contributed by atoms with E-state index in [4.69, 9.17) is 10.3 Å². The summed E-state index contributed by atoms with van der Waals surface area (Å²) in [5.74, 6) is 4.46. The molecule has 0 unspecified atom stereocenters. The number of nitrogen functional groups attached to an aromatic ring is 1. The zero-order valence-electron chi connectivity index (χ0n) is 10.7. The lowest BCUT2D eigenvalue weighted by Gasteiger charge is -2.05. The SMILES string of the molecule is Nn1c(SCc2csc(-c3ccoc3)n2)nnc1C(F)(F)F. The van der Waals surface area contributed by atoms with Crippen LogP contribution in [-0.4, -0.2) is 19.9 Å². The van der Waals surface area contributed by atoms with Crippen molar-refractivity contribution in [3.8, 4) is 10.6 Å². The van der Waals surface area contributed by atoms with E-state index in [9.17, 15) is 13.2 Å². The van der Waals surface area contributed by atoms with Gasteiger partial charge in [-0.15, -0.1) is 21.5 Å². The molecule has 6 nitrogen and oxygen atoms in total. The minimum Gasteiger partial charge on any atom is -0.472 e. The number of halogens is 3. The van der Waals surface area contributed by atoms with Crippen molar-refractivity contribution in [1.29, 1.82) is 0 Å². The molecule has 3 aromatic heterocycles. The molecule has 0 radical (unpaired) electrons. The molecule has 0 aliphatic rings. The van der Waals surface area contributed by atoms with Gasteiger partial charge in [0.25, 0.3) is 5.82 Å². The first-order valence-corrected chi connectivity index (χ1v) is 7.69. The van der Waals surface area contributed by atoms with E-state index in [1.165, 1.54) is 11.3 Å². The van der Waals surface area contributed by atoms with Gasteiger partial charge in [-0.1, -0.05) is 11.8 Å². The van der Waals surface area contributed by atoms with E-state index in [1.54, 1.807) is 18.6 Å². The molecule has 0 bridgehead atoms. The van der Waals surface area contributed by atoms with Crippen molar-refractivity contribution in [2.75, 3.05) is 5.84 Å². The van der Waals surface area contributed by atoms with Crippen molar-refractivity contribution >= 4 is 23.1 Å². The number of nitrogens with zero attached hydrogens (tertiary/aromatic N) is 4. The summed E-state index contributed by atoms with van der Waals surface area (Å²) in [5, 5.41) is 9.07. The molecule has 0 aromatic carbocycles. The molecule has 0 fully saturated rings. The van der Waals surface area contributed by atoms with Crippen molar-refractivity contribution in [2.45, 2.75) is 17.1 Å². The van der Waals surface area contributed by atoms with E-state index < -0.39 is 12.0 Å². The van der Waals surface area contributed by atoms with Crippen molar-refractivity contribution in [1.82, 2.24) is 19.9 Å². The number of furan rings is 1. The Morgan fingerprint density at radius 3 is 2.82 bits per heavy atom. The van der Waals surface area contributed by atoms with Gasteiger partial charge in [-0.05, 0) is 6.07 Å². The number of nitrogens with two attached hydrogens (primary N) is 1. The summed E-state index contributed by atoms with van der Waals surface area (Å²) in [6, 6.07) is 1.78. The summed E-state index contributed by atoms with van der Waals surface area (Å²) < 4.78 is 43.1. The molecule has 0 aliphatic heterocycles. The lowest BCUT2D eigenvalue weighted by atomic mass is 10.4. The van der Waals surface area contributed by atoms with E-state index in [0.717, 1.165) is 22.3 Å². The van der Waals surface area contributed by atoms with Gasteiger partial charge in [-0.2, -0.15) is 13.2 Å². The number of hydrogen-bond acceptors (Lipinski definition) is 7. The number of rotatable bonds is 4. The summed E-state index contributed by atoms with van der Waals surface area (Å²) in [7, 11) is 0. The summed E-state index contributed by atoms with van der Waals surface area (Å²) in [4.78, 5) is 4.37. The van der Waals surface area contributed by atoms with E-state index in [-0.39, 0.29) is 5.16 Å².